The molecule has 0 saturated carbocycles. The third kappa shape index (κ3) is 7.36. The van der Waals surface area contributed by atoms with Crippen molar-refractivity contribution in [3.05, 3.63) is 42.2 Å². The molecule has 29 heavy (non-hydrogen) atoms. The summed E-state index contributed by atoms with van der Waals surface area (Å²) in [5.41, 5.74) is 0.0842. The molecule has 0 aliphatic carbocycles. The molecule has 3 N–H and O–H groups in total. The van der Waals surface area contributed by atoms with E-state index in [1.165, 1.54) is 0 Å². The number of pyridine rings is 1. The van der Waals surface area contributed by atoms with Crippen LogP contribution in [0.2, 0.25) is 0 Å². The van der Waals surface area contributed by atoms with Crippen molar-refractivity contribution in [2.24, 2.45) is 4.99 Å². The third-order valence-electron chi connectivity index (χ3n) is 4.79. The van der Waals surface area contributed by atoms with Gasteiger partial charge in [0, 0.05) is 44.3 Å². The van der Waals surface area contributed by atoms with E-state index in [1.54, 1.807) is 0 Å². The standard InChI is InChI=1S/C21H31N5O2.HI/c1-3-22-20(25-15-21(2,27)16-26-10-12-28-13-11-26)24-14-19-18-7-5-4-6-17(18)8-9-23-19;/h4-9,27H,3,10-16H2,1-2H3,(H2,22,24,25);1H. The van der Waals surface area contributed by atoms with E-state index in [9.17, 15) is 5.11 Å². The first-order valence-corrected chi connectivity index (χ1v) is 9.95. The van der Waals surface area contributed by atoms with Gasteiger partial charge in [0.05, 0.1) is 31.1 Å². The summed E-state index contributed by atoms with van der Waals surface area (Å²) in [7, 11) is 0. The van der Waals surface area contributed by atoms with E-state index in [4.69, 9.17) is 4.74 Å². The van der Waals surface area contributed by atoms with Crippen molar-refractivity contribution in [3.8, 4) is 0 Å². The summed E-state index contributed by atoms with van der Waals surface area (Å²) >= 11 is 0. The fourth-order valence-electron chi connectivity index (χ4n) is 3.37. The van der Waals surface area contributed by atoms with Gasteiger partial charge in [-0.2, -0.15) is 0 Å². The van der Waals surface area contributed by atoms with Crippen LogP contribution in [-0.4, -0.2) is 72.5 Å². The van der Waals surface area contributed by atoms with Crippen LogP contribution in [0.3, 0.4) is 0 Å². The van der Waals surface area contributed by atoms with Crippen molar-refractivity contribution < 1.29 is 9.84 Å². The Bertz CT molecular complexity index is 788. The molecule has 160 valence electrons. The van der Waals surface area contributed by atoms with Gasteiger partial charge in [0.15, 0.2) is 5.96 Å². The van der Waals surface area contributed by atoms with Crippen molar-refractivity contribution in [2.75, 3.05) is 45.9 Å². The summed E-state index contributed by atoms with van der Waals surface area (Å²) in [6.07, 6.45) is 1.82. The van der Waals surface area contributed by atoms with Crippen LogP contribution in [0.4, 0.5) is 0 Å². The second-order valence-electron chi connectivity index (χ2n) is 7.41. The van der Waals surface area contributed by atoms with Gasteiger partial charge in [-0.1, -0.05) is 24.3 Å². The second kappa shape index (κ2) is 11.6. The Morgan fingerprint density at radius 3 is 2.76 bits per heavy atom. The SMILES string of the molecule is CCNC(=NCc1nccc2ccccc12)NCC(C)(O)CN1CCOCC1.I. The summed E-state index contributed by atoms with van der Waals surface area (Å²) in [6, 6.07) is 10.2. The van der Waals surface area contributed by atoms with E-state index < -0.39 is 5.60 Å². The van der Waals surface area contributed by atoms with Crippen molar-refractivity contribution >= 4 is 40.7 Å². The van der Waals surface area contributed by atoms with Gasteiger partial charge >= 0.3 is 0 Å². The van der Waals surface area contributed by atoms with Crippen molar-refractivity contribution in [2.45, 2.75) is 26.0 Å². The number of hydrogen-bond acceptors (Lipinski definition) is 5. The number of ether oxygens (including phenoxy) is 1. The lowest BCUT2D eigenvalue weighted by molar-refractivity contribution is -0.0201. The number of aliphatic imine (C=N–C) groups is 1. The number of guanidine groups is 1. The van der Waals surface area contributed by atoms with Crippen LogP contribution < -0.4 is 10.6 Å². The lowest BCUT2D eigenvalue weighted by atomic mass is 10.1. The Hall–Kier alpha value is -1.49. The largest absolute Gasteiger partial charge is 0.387 e. The van der Waals surface area contributed by atoms with Crippen LogP contribution in [0.25, 0.3) is 10.8 Å². The van der Waals surface area contributed by atoms with E-state index in [1.807, 2.05) is 38.2 Å². The van der Waals surface area contributed by atoms with Crippen LogP contribution in [0, 0.1) is 0 Å². The first kappa shape index (κ1) is 23.8. The van der Waals surface area contributed by atoms with Crippen molar-refractivity contribution in [1.82, 2.24) is 20.5 Å². The number of β-amino-alcohol motifs (C(OH)–C–C–N with tert-alkyl or cyclic N) is 1. The summed E-state index contributed by atoms with van der Waals surface area (Å²) in [5.74, 6) is 0.680. The number of halogens is 1. The molecule has 1 fully saturated rings. The van der Waals surface area contributed by atoms with E-state index in [-0.39, 0.29) is 24.0 Å². The molecule has 1 aliphatic rings. The number of nitrogens with zero attached hydrogens (tertiary/aromatic N) is 3. The van der Waals surface area contributed by atoms with E-state index >= 15 is 0 Å². The Labute approximate surface area is 190 Å². The zero-order valence-corrected chi connectivity index (χ0v) is 19.6. The van der Waals surface area contributed by atoms with E-state index in [2.05, 4.69) is 37.6 Å². The molecule has 1 atom stereocenters. The number of hydrogen-bond donors (Lipinski definition) is 3. The Morgan fingerprint density at radius 2 is 2.00 bits per heavy atom. The zero-order valence-electron chi connectivity index (χ0n) is 17.2. The number of rotatable bonds is 7. The highest BCUT2D eigenvalue weighted by atomic mass is 127. The number of nitrogens with one attached hydrogen (secondary N) is 2. The molecule has 3 rings (SSSR count). The predicted molar refractivity (Wildman–Crippen MR) is 128 cm³/mol. The number of fused-ring (bicyclic) bond motifs is 1. The smallest absolute Gasteiger partial charge is 0.191 e. The normalized spacial score (nSPS) is 17.4. The average Bonchev–Trinajstić information content (AvgIpc) is 2.70. The minimum atomic E-state index is -0.856. The maximum Gasteiger partial charge on any atom is 0.191 e. The van der Waals surface area contributed by atoms with Crippen molar-refractivity contribution in [1.29, 1.82) is 0 Å². The molecule has 0 bridgehead atoms. The molecular formula is C21H32IN5O2. The van der Waals surface area contributed by atoms with Gasteiger partial charge in [-0.05, 0) is 25.3 Å². The molecule has 8 heteroatoms. The summed E-state index contributed by atoms with van der Waals surface area (Å²) in [4.78, 5) is 11.4. The van der Waals surface area contributed by atoms with Gasteiger partial charge in [-0.15, -0.1) is 24.0 Å². The van der Waals surface area contributed by atoms with Gasteiger partial charge in [0.2, 0.25) is 0 Å². The Kier molecular flexibility index (Phi) is 9.54. The monoisotopic (exact) mass is 513 g/mol. The maximum atomic E-state index is 10.8. The van der Waals surface area contributed by atoms with Gasteiger partial charge in [-0.3, -0.25) is 9.88 Å². The minimum Gasteiger partial charge on any atom is -0.387 e. The predicted octanol–water partition coefficient (Wildman–Crippen LogP) is 1.99. The molecule has 1 unspecified atom stereocenters. The fraction of sp³-hybridized carbons (Fsp3) is 0.524. The number of aromatic nitrogens is 1. The second-order valence-corrected chi connectivity index (χ2v) is 7.41. The van der Waals surface area contributed by atoms with Crippen molar-refractivity contribution in [3.63, 3.8) is 0 Å². The first-order valence-electron chi connectivity index (χ1n) is 9.95. The average molecular weight is 513 g/mol. The van der Waals surface area contributed by atoms with Gasteiger partial charge in [-0.25, -0.2) is 4.99 Å². The fourth-order valence-corrected chi connectivity index (χ4v) is 3.37. The number of morpholine rings is 1. The summed E-state index contributed by atoms with van der Waals surface area (Å²) in [5, 5.41) is 19.6. The quantitative estimate of drug-likeness (QED) is 0.299. The molecule has 0 amide bonds. The molecule has 1 aromatic carbocycles. The highest BCUT2D eigenvalue weighted by Gasteiger charge is 2.25. The molecule has 1 aromatic heterocycles. The molecule has 2 heterocycles. The van der Waals surface area contributed by atoms with E-state index in [0.29, 0.717) is 25.6 Å². The minimum absolute atomic E-state index is 0. The molecule has 1 saturated heterocycles. The number of aliphatic hydroxyl groups is 1. The van der Waals surface area contributed by atoms with Crippen LogP contribution in [0.15, 0.2) is 41.5 Å². The highest BCUT2D eigenvalue weighted by Crippen LogP contribution is 2.16. The maximum absolute atomic E-state index is 10.8. The summed E-state index contributed by atoms with van der Waals surface area (Å²) < 4.78 is 5.37. The molecule has 1 aliphatic heterocycles. The van der Waals surface area contributed by atoms with E-state index in [0.717, 1.165) is 49.3 Å². The molecule has 0 radical (unpaired) electrons. The number of benzene rings is 1. The van der Waals surface area contributed by atoms with Crippen LogP contribution >= 0.6 is 24.0 Å². The lowest BCUT2D eigenvalue weighted by Gasteiger charge is -2.34. The van der Waals surface area contributed by atoms with Gasteiger partial charge in [0.1, 0.15) is 0 Å². The highest BCUT2D eigenvalue weighted by molar-refractivity contribution is 14.0. The molecule has 0 spiro atoms. The summed E-state index contributed by atoms with van der Waals surface area (Å²) in [6.45, 7) is 9.30. The molecule has 2 aromatic rings. The van der Waals surface area contributed by atoms with Crippen LogP contribution in [0.5, 0.6) is 0 Å². The zero-order chi connectivity index (χ0) is 19.8. The first-order chi connectivity index (χ1) is 13.6. The Morgan fingerprint density at radius 1 is 1.24 bits per heavy atom. The van der Waals surface area contributed by atoms with Gasteiger partial charge < -0.3 is 20.5 Å². The molecule has 7 nitrogen and oxygen atoms in total. The van der Waals surface area contributed by atoms with Crippen LogP contribution in [0.1, 0.15) is 19.5 Å². The third-order valence-corrected chi connectivity index (χ3v) is 4.79. The Balaban J connectivity index is 0.00000300. The van der Waals surface area contributed by atoms with Gasteiger partial charge in [0.25, 0.3) is 0 Å². The molecular weight excluding hydrogens is 481 g/mol. The topological polar surface area (TPSA) is 82.0 Å². The lowest BCUT2D eigenvalue weighted by Crippen LogP contribution is -2.52. The van der Waals surface area contributed by atoms with Crippen LogP contribution in [-0.2, 0) is 11.3 Å².